The minimum absolute atomic E-state index is 0.153. The molecule has 0 saturated carbocycles. The van der Waals surface area contributed by atoms with Crippen molar-refractivity contribution in [3.63, 3.8) is 0 Å². The molecule has 0 aliphatic carbocycles. The molecule has 2 aromatic rings. The first-order valence-corrected chi connectivity index (χ1v) is 7.16. The Morgan fingerprint density at radius 1 is 1.00 bits per heavy atom. The quantitative estimate of drug-likeness (QED) is 0.788. The molecule has 1 unspecified atom stereocenters. The minimum Gasteiger partial charge on any atom is -0.508 e. The zero-order valence-corrected chi connectivity index (χ0v) is 13.0. The number of aromatic hydroxyl groups is 1. The molecular formula is C14H13Br2NO. The second kappa shape index (κ2) is 5.76. The number of phenolic OH excluding ortho intramolecular Hbond substituents is 1. The van der Waals surface area contributed by atoms with Crippen LogP contribution in [-0.2, 0) is 0 Å². The fraction of sp³-hybridized carbons (Fsp3) is 0.143. The lowest BCUT2D eigenvalue weighted by Crippen LogP contribution is -2.07. The largest absolute Gasteiger partial charge is 0.508 e. The van der Waals surface area contributed by atoms with Crippen molar-refractivity contribution in [1.82, 2.24) is 0 Å². The van der Waals surface area contributed by atoms with Crippen LogP contribution in [-0.4, -0.2) is 5.11 Å². The van der Waals surface area contributed by atoms with Gasteiger partial charge in [0.1, 0.15) is 5.75 Å². The molecule has 0 radical (unpaired) electrons. The van der Waals surface area contributed by atoms with E-state index in [1.807, 2.05) is 30.3 Å². The molecule has 0 saturated heterocycles. The van der Waals surface area contributed by atoms with E-state index >= 15 is 0 Å². The van der Waals surface area contributed by atoms with E-state index in [0.29, 0.717) is 0 Å². The van der Waals surface area contributed by atoms with Crippen LogP contribution in [0.1, 0.15) is 18.5 Å². The molecule has 2 rings (SSSR count). The van der Waals surface area contributed by atoms with Crippen LogP contribution in [0.4, 0.5) is 5.69 Å². The average Bonchev–Trinajstić information content (AvgIpc) is 2.34. The molecule has 0 heterocycles. The van der Waals surface area contributed by atoms with E-state index in [2.05, 4.69) is 44.1 Å². The lowest BCUT2D eigenvalue weighted by molar-refractivity contribution is 0.475. The van der Waals surface area contributed by atoms with Crippen molar-refractivity contribution in [3.05, 3.63) is 57.0 Å². The normalized spacial score (nSPS) is 12.2. The van der Waals surface area contributed by atoms with Gasteiger partial charge in [-0.05, 0) is 68.6 Å². The van der Waals surface area contributed by atoms with Crippen molar-refractivity contribution in [1.29, 1.82) is 0 Å². The summed E-state index contributed by atoms with van der Waals surface area (Å²) >= 11 is 7.05. The Kier molecular flexibility index (Phi) is 4.30. The lowest BCUT2D eigenvalue weighted by atomic mass is 10.1. The van der Waals surface area contributed by atoms with Crippen molar-refractivity contribution >= 4 is 37.5 Å². The van der Waals surface area contributed by atoms with E-state index in [1.54, 1.807) is 12.1 Å². The third-order valence-corrected chi connectivity index (χ3v) is 4.04. The van der Waals surface area contributed by atoms with E-state index in [0.717, 1.165) is 20.2 Å². The van der Waals surface area contributed by atoms with E-state index in [-0.39, 0.29) is 11.8 Å². The maximum Gasteiger partial charge on any atom is 0.115 e. The highest BCUT2D eigenvalue weighted by Gasteiger charge is 2.10. The highest BCUT2D eigenvalue weighted by atomic mass is 79.9. The van der Waals surface area contributed by atoms with Crippen molar-refractivity contribution in [2.24, 2.45) is 0 Å². The van der Waals surface area contributed by atoms with Crippen LogP contribution in [0.25, 0.3) is 0 Å². The van der Waals surface area contributed by atoms with E-state index < -0.39 is 0 Å². The van der Waals surface area contributed by atoms with Gasteiger partial charge in [0.15, 0.2) is 0 Å². The van der Waals surface area contributed by atoms with Crippen LogP contribution in [0.15, 0.2) is 51.4 Å². The van der Waals surface area contributed by atoms with Crippen LogP contribution >= 0.6 is 31.9 Å². The maximum atomic E-state index is 9.28. The Hall–Kier alpha value is -1.00. The number of hydrogen-bond donors (Lipinski definition) is 2. The highest BCUT2D eigenvalue weighted by Crippen LogP contribution is 2.33. The molecule has 0 bridgehead atoms. The van der Waals surface area contributed by atoms with E-state index in [1.165, 1.54) is 0 Å². The Morgan fingerprint density at radius 3 is 2.11 bits per heavy atom. The molecule has 0 aliphatic rings. The molecule has 2 N–H and O–H groups in total. The van der Waals surface area contributed by atoms with Crippen LogP contribution in [0.2, 0.25) is 0 Å². The Morgan fingerprint density at radius 2 is 1.56 bits per heavy atom. The summed E-state index contributed by atoms with van der Waals surface area (Å²) in [7, 11) is 0. The number of rotatable bonds is 3. The first-order chi connectivity index (χ1) is 8.58. The first kappa shape index (κ1) is 13.4. The SMILES string of the molecule is CC(Nc1c(Br)cccc1Br)c1ccc(O)cc1. The van der Waals surface area contributed by atoms with Gasteiger partial charge in [0.25, 0.3) is 0 Å². The van der Waals surface area contributed by atoms with E-state index in [4.69, 9.17) is 0 Å². The predicted octanol–water partition coefficient (Wildman–Crippen LogP) is 5.09. The Bertz CT molecular complexity index is 520. The molecule has 4 heteroatoms. The smallest absolute Gasteiger partial charge is 0.115 e. The number of anilines is 1. The topological polar surface area (TPSA) is 32.3 Å². The number of hydrogen-bond acceptors (Lipinski definition) is 2. The summed E-state index contributed by atoms with van der Waals surface area (Å²) in [4.78, 5) is 0. The van der Waals surface area contributed by atoms with Gasteiger partial charge in [0.05, 0.1) is 5.69 Å². The monoisotopic (exact) mass is 369 g/mol. The molecule has 0 aromatic heterocycles. The van der Waals surface area contributed by atoms with Crippen LogP contribution in [0, 0.1) is 0 Å². The van der Waals surface area contributed by atoms with Crippen LogP contribution < -0.4 is 5.32 Å². The summed E-state index contributed by atoms with van der Waals surface area (Å²) in [5, 5.41) is 12.7. The van der Waals surface area contributed by atoms with Gasteiger partial charge in [-0.15, -0.1) is 0 Å². The first-order valence-electron chi connectivity index (χ1n) is 5.57. The van der Waals surface area contributed by atoms with Crippen molar-refractivity contribution in [2.45, 2.75) is 13.0 Å². The van der Waals surface area contributed by atoms with Gasteiger partial charge in [0.2, 0.25) is 0 Å². The Labute approximate surface area is 123 Å². The third kappa shape index (κ3) is 3.06. The molecular weight excluding hydrogens is 358 g/mol. The molecule has 2 aromatic carbocycles. The van der Waals surface area contributed by atoms with Crippen molar-refractivity contribution < 1.29 is 5.11 Å². The number of phenols is 1. The number of halogens is 2. The van der Waals surface area contributed by atoms with Gasteiger partial charge in [-0.25, -0.2) is 0 Å². The van der Waals surface area contributed by atoms with Gasteiger partial charge >= 0.3 is 0 Å². The summed E-state index contributed by atoms with van der Waals surface area (Å²) in [5.41, 5.74) is 2.15. The van der Waals surface area contributed by atoms with E-state index in [9.17, 15) is 5.11 Å². The highest BCUT2D eigenvalue weighted by molar-refractivity contribution is 9.11. The van der Waals surface area contributed by atoms with Gasteiger partial charge in [-0.1, -0.05) is 18.2 Å². The minimum atomic E-state index is 0.153. The van der Waals surface area contributed by atoms with Gasteiger partial charge in [0, 0.05) is 15.0 Å². The molecule has 0 fully saturated rings. The summed E-state index contributed by atoms with van der Waals surface area (Å²) < 4.78 is 2.03. The van der Waals surface area contributed by atoms with Gasteiger partial charge in [-0.3, -0.25) is 0 Å². The molecule has 18 heavy (non-hydrogen) atoms. The molecule has 0 spiro atoms. The Balaban J connectivity index is 2.21. The summed E-state index contributed by atoms with van der Waals surface area (Å²) in [6, 6.07) is 13.3. The fourth-order valence-corrected chi connectivity index (χ4v) is 2.93. The molecule has 0 amide bonds. The molecule has 94 valence electrons. The molecule has 2 nitrogen and oxygen atoms in total. The van der Waals surface area contributed by atoms with Crippen molar-refractivity contribution in [2.75, 3.05) is 5.32 Å². The number of benzene rings is 2. The van der Waals surface area contributed by atoms with Gasteiger partial charge < -0.3 is 10.4 Å². The third-order valence-electron chi connectivity index (χ3n) is 2.72. The van der Waals surface area contributed by atoms with Crippen molar-refractivity contribution in [3.8, 4) is 5.75 Å². The fourth-order valence-electron chi connectivity index (χ4n) is 1.70. The summed E-state index contributed by atoms with van der Waals surface area (Å²) in [6.45, 7) is 2.08. The summed E-state index contributed by atoms with van der Waals surface area (Å²) in [6.07, 6.45) is 0. The standard InChI is InChI=1S/C14H13Br2NO/c1-9(10-5-7-11(18)8-6-10)17-14-12(15)3-2-4-13(14)16/h2-9,17-18H,1H3. The number of nitrogens with one attached hydrogen (secondary N) is 1. The van der Waals surface area contributed by atoms with Gasteiger partial charge in [-0.2, -0.15) is 0 Å². The second-order valence-electron chi connectivity index (χ2n) is 4.05. The van der Waals surface area contributed by atoms with Crippen LogP contribution in [0.3, 0.4) is 0 Å². The number of para-hydroxylation sites is 1. The lowest BCUT2D eigenvalue weighted by Gasteiger charge is -2.18. The average molecular weight is 371 g/mol. The molecule has 1 atom stereocenters. The summed E-state index contributed by atoms with van der Waals surface area (Å²) in [5.74, 6) is 0.285. The van der Waals surface area contributed by atoms with Crippen LogP contribution in [0.5, 0.6) is 5.75 Å². The predicted molar refractivity (Wildman–Crippen MR) is 82.0 cm³/mol. The zero-order chi connectivity index (χ0) is 13.1. The molecule has 0 aliphatic heterocycles. The maximum absolute atomic E-state index is 9.28. The second-order valence-corrected chi connectivity index (χ2v) is 5.76. The zero-order valence-electron chi connectivity index (χ0n) is 9.82.